The van der Waals surface area contributed by atoms with Gasteiger partial charge in [-0.05, 0) is 27.9 Å². The fourth-order valence-electron chi connectivity index (χ4n) is 1.49. The van der Waals surface area contributed by atoms with Gasteiger partial charge < -0.3 is 5.32 Å². The summed E-state index contributed by atoms with van der Waals surface area (Å²) < 4.78 is 0.614. The topological polar surface area (TPSA) is 54.9 Å². The molecule has 0 bridgehead atoms. The van der Waals surface area contributed by atoms with E-state index in [9.17, 15) is 4.79 Å². The first-order chi connectivity index (χ1) is 8.75. The van der Waals surface area contributed by atoms with Gasteiger partial charge in [0.15, 0.2) is 0 Å². The molecule has 18 heavy (non-hydrogen) atoms. The third-order valence-corrected chi connectivity index (χ3v) is 2.80. The quantitative estimate of drug-likeness (QED) is 0.942. The Bertz CT molecular complexity index is 514. The summed E-state index contributed by atoms with van der Waals surface area (Å²) >= 11 is 3.17. The molecule has 92 valence electrons. The van der Waals surface area contributed by atoms with E-state index in [0.717, 1.165) is 6.42 Å². The van der Waals surface area contributed by atoms with Crippen molar-refractivity contribution in [2.75, 3.05) is 6.54 Å². The number of nitrogens with one attached hydrogen (secondary N) is 1. The summed E-state index contributed by atoms with van der Waals surface area (Å²) in [4.78, 5) is 19.7. The van der Waals surface area contributed by atoms with Crippen molar-refractivity contribution >= 4 is 21.8 Å². The Labute approximate surface area is 114 Å². The molecule has 0 radical (unpaired) electrons. The van der Waals surface area contributed by atoms with Crippen LogP contribution in [0.2, 0.25) is 0 Å². The normalized spacial score (nSPS) is 10.1. The minimum absolute atomic E-state index is 0.203. The minimum Gasteiger partial charge on any atom is -0.350 e. The summed E-state index contributed by atoms with van der Waals surface area (Å²) in [6, 6.07) is 10.0. The largest absolute Gasteiger partial charge is 0.350 e. The molecule has 1 aromatic heterocycles. The number of aromatic nitrogens is 2. The fourth-order valence-corrected chi connectivity index (χ4v) is 1.69. The van der Waals surface area contributed by atoms with E-state index in [4.69, 9.17) is 0 Å². The highest BCUT2D eigenvalue weighted by Crippen LogP contribution is 2.03. The first-order valence-corrected chi connectivity index (χ1v) is 6.34. The Morgan fingerprint density at radius 3 is 2.61 bits per heavy atom. The molecule has 0 aliphatic carbocycles. The molecule has 5 heteroatoms. The van der Waals surface area contributed by atoms with Crippen LogP contribution in [0.3, 0.4) is 0 Å². The van der Waals surface area contributed by atoms with E-state index in [1.807, 2.05) is 30.3 Å². The van der Waals surface area contributed by atoms with Crippen LogP contribution in [0.25, 0.3) is 0 Å². The molecule has 0 saturated heterocycles. The summed E-state index contributed by atoms with van der Waals surface area (Å²) in [5.74, 6) is -0.203. The number of hydrogen-bond donors (Lipinski definition) is 1. The van der Waals surface area contributed by atoms with E-state index in [2.05, 4.69) is 31.2 Å². The minimum atomic E-state index is -0.203. The summed E-state index contributed by atoms with van der Waals surface area (Å²) in [7, 11) is 0. The molecule has 1 heterocycles. The van der Waals surface area contributed by atoms with Gasteiger partial charge in [0.25, 0.3) is 5.91 Å². The van der Waals surface area contributed by atoms with Crippen molar-refractivity contribution in [3.63, 3.8) is 0 Å². The Hall–Kier alpha value is -1.75. The van der Waals surface area contributed by atoms with Gasteiger partial charge in [0.2, 0.25) is 0 Å². The van der Waals surface area contributed by atoms with Crippen LogP contribution in [0.4, 0.5) is 0 Å². The van der Waals surface area contributed by atoms with Crippen LogP contribution < -0.4 is 5.32 Å². The van der Waals surface area contributed by atoms with Crippen LogP contribution in [0.5, 0.6) is 0 Å². The Balaban J connectivity index is 1.84. The molecule has 0 unspecified atom stereocenters. The van der Waals surface area contributed by atoms with Crippen molar-refractivity contribution in [1.82, 2.24) is 15.3 Å². The predicted octanol–water partition coefficient (Wildman–Crippen LogP) is 2.21. The Kier molecular flexibility index (Phi) is 4.41. The van der Waals surface area contributed by atoms with Gasteiger partial charge in [-0.3, -0.25) is 4.79 Å². The lowest BCUT2D eigenvalue weighted by atomic mass is 10.1. The Morgan fingerprint density at radius 2 is 1.94 bits per heavy atom. The molecular formula is C13H12BrN3O. The predicted molar refractivity (Wildman–Crippen MR) is 72.2 cm³/mol. The van der Waals surface area contributed by atoms with Crippen LogP contribution in [0, 0.1) is 0 Å². The summed E-state index contributed by atoms with van der Waals surface area (Å²) in [5.41, 5.74) is 1.52. The van der Waals surface area contributed by atoms with Crippen molar-refractivity contribution in [2.24, 2.45) is 0 Å². The zero-order valence-electron chi connectivity index (χ0n) is 9.64. The second-order valence-electron chi connectivity index (χ2n) is 3.72. The van der Waals surface area contributed by atoms with Crippen molar-refractivity contribution < 1.29 is 4.79 Å². The number of amides is 1. The SMILES string of the molecule is O=C(NCCc1ccccc1)c1cnc(Br)cn1. The molecular weight excluding hydrogens is 294 g/mol. The van der Waals surface area contributed by atoms with Crippen LogP contribution in [-0.2, 0) is 6.42 Å². The zero-order valence-corrected chi connectivity index (χ0v) is 11.2. The number of hydrogen-bond acceptors (Lipinski definition) is 3. The molecule has 2 rings (SSSR count). The summed E-state index contributed by atoms with van der Waals surface area (Å²) in [6.07, 6.45) is 3.75. The molecule has 4 nitrogen and oxygen atoms in total. The van der Waals surface area contributed by atoms with E-state index in [1.54, 1.807) is 0 Å². The Morgan fingerprint density at radius 1 is 1.17 bits per heavy atom. The fraction of sp³-hybridized carbons (Fsp3) is 0.154. The van der Waals surface area contributed by atoms with Crippen LogP contribution >= 0.6 is 15.9 Å². The van der Waals surface area contributed by atoms with E-state index < -0.39 is 0 Å². The van der Waals surface area contributed by atoms with Gasteiger partial charge in [-0.25, -0.2) is 9.97 Å². The highest BCUT2D eigenvalue weighted by atomic mass is 79.9. The molecule has 1 N–H and O–H groups in total. The molecule has 0 fully saturated rings. The molecule has 0 aliphatic heterocycles. The lowest BCUT2D eigenvalue weighted by molar-refractivity contribution is 0.0948. The van der Waals surface area contributed by atoms with Crippen molar-refractivity contribution in [1.29, 1.82) is 0 Å². The second-order valence-corrected chi connectivity index (χ2v) is 4.53. The highest BCUT2D eigenvalue weighted by molar-refractivity contribution is 9.10. The number of benzene rings is 1. The first-order valence-electron chi connectivity index (χ1n) is 5.55. The standard InChI is InChI=1S/C13H12BrN3O/c14-12-9-16-11(8-17-12)13(18)15-7-6-10-4-2-1-3-5-10/h1-5,8-9H,6-7H2,(H,15,18). The van der Waals surface area contributed by atoms with Crippen molar-refractivity contribution in [3.8, 4) is 0 Å². The highest BCUT2D eigenvalue weighted by Gasteiger charge is 2.06. The molecule has 0 atom stereocenters. The molecule has 0 saturated carbocycles. The molecule has 1 aromatic carbocycles. The molecule has 1 amide bonds. The maximum atomic E-state index is 11.7. The third kappa shape index (κ3) is 3.63. The molecule has 0 aliphatic rings. The number of rotatable bonds is 4. The van der Waals surface area contributed by atoms with Gasteiger partial charge in [0.05, 0.1) is 12.4 Å². The number of nitrogens with zero attached hydrogens (tertiary/aromatic N) is 2. The van der Waals surface area contributed by atoms with E-state index >= 15 is 0 Å². The monoisotopic (exact) mass is 305 g/mol. The lowest BCUT2D eigenvalue weighted by Gasteiger charge is -2.04. The van der Waals surface area contributed by atoms with Crippen molar-refractivity contribution in [2.45, 2.75) is 6.42 Å². The summed E-state index contributed by atoms with van der Waals surface area (Å²) in [6.45, 7) is 0.584. The number of carbonyl (C=O) groups is 1. The summed E-state index contributed by atoms with van der Waals surface area (Å²) in [5, 5.41) is 2.81. The first kappa shape index (κ1) is 12.7. The smallest absolute Gasteiger partial charge is 0.271 e. The average molecular weight is 306 g/mol. The van der Waals surface area contributed by atoms with Gasteiger partial charge in [0.1, 0.15) is 10.3 Å². The number of carbonyl (C=O) groups excluding carboxylic acids is 1. The molecule has 2 aromatic rings. The van der Waals surface area contributed by atoms with E-state index in [-0.39, 0.29) is 5.91 Å². The van der Waals surface area contributed by atoms with Gasteiger partial charge in [0, 0.05) is 6.54 Å². The van der Waals surface area contributed by atoms with Gasteiger partial charge in [-0.2, -0.15) is 0 Å². The van der Waals surface area contributed by atoms with Crippen LogP contribution in [0.15, 0.2) is 47.3 Å². The molecule has 0 spiro atoms. The maximum absolute atomic E-state index is 11.7. The van der Waals surface area contributed by atoms with Crippen LogP contribution in [0.1, 0.15) is 16.1 Å². The number of halogens is 1. The van der Waals surface area contributed by atoms with Gasteiger partial charge in [-0.1, -0.05) is 30.3 Å². The third-order valence-electron chi connectivity index (χ3n) is 2.40. The van der Waals surface area contributed by atoms with E-state index in [0.29, 0.717) is 16.8 Å². The van der Waals surface area contributed by atoms with E-state index in [1.165, 1.54) is 18.0 Å². The van der Waals surface area contributed by atoms with Gasteiger partial charge in [-0.15, -0.1) is 0 Å². The average Bonchev–Trinajstić information content (AvgIpc) is 2.40. The second kappa shape index (κ2) is 6.26. The van der Waals surface area contributed by atoms with Crippen LogP contribution in [-0.4, -0.2) is 22.4 Å². The zero-order chi connectivity index (χ0) is 12.8. The van der Waals surface area contributed by atoms with Gasteiger partial charge >= 0.3 is 0 Å². The van der Waals surface area contributed by atoms with Crippen molar-refractivity contribution in [3.05, 3.63) is 58.6 Å². The lowest BCUT2D eigenvalue weighted by Crippen LogP contribution is -2.26. The maximum Gasteiger partial charge on any atom is 0.271 e.